The summed E-state index contributed by atoms with van der Waals surface area (Å²) in [7, 11) is 1.96. The van der Waals surface area contributed by atoms with E-state index in [1.54, 1.807) is 17.1 Å². The van der Waals surface area contributed by atoms with Crippen LogP contribution < -0.4 is 5.32 Å². The highest BCUT2D eigenvalue weighted by atomic mass is 35.5. The quantitative estimate of drug-likeness (QED) is 0.883. The smallest absolute Gasteiger partial charge is 0.225 e. The molecule has 0 aromatic carbocycles. The third-order valence-corrected chi connectivity index (χ3v) is 3.83. The molecule has 3 rings (SSSR count). The molecule has 23 heavy (non-hydrogen) atoms. The van der Waals surface area contributed by atoms with Crippen molar-refractivity contribution in [3.8, 4) is 0 Å². The summed E-state index contributed by atoms with van der Waals surface area (Å²) < 4.78 is 3.77. The summed E-state index contributed by atoms with van der Waals surface area (Å²) in [4.78, 5) is 18.9. The lowest BCUT2D eigenvalue weighted by Crippen LogP contribution is -2.49. The Kier molecular flexibility index (Phi) is 7.54. The van der Waals surface area contributed by atoms with E-state index in [-0.39, 0.29) is 36.8 Å². The third-order valence-electron chi connectivity index (χ3n) is 3.83. The Morgan fingerprint density at radius 2 is 2.17 bits per heavy atom. The molecule has 1 unspecified atom stereocenters. The van der Waals surface area contributed by atoms with Gasteiger partial charge in [0.2, 0.25) is 5.91 Å². The third kappa shape index (κ3) is 4.46. The highest BCUT2D eigenvalue weighted by molar-refractivity contribution is 5.85. The molecular formula is C14H22Cl2N6O. The molecule has 7 nitrogen and oxygen atoms in total. The van der Waals surface area contributed by atoms with Gasteiger partial charge in [0.1, 0.15) is 11.9 Å². The van der Waals surface area contributed by atoms with E-state index < -0.39 is 0 Å². The first kappa shape index (κ1) is 19.5. The van der Waals surface area contributed by atoms with E-state index in [0.717, 1.165) is 25.5 Å². The molecule has 1 aliphatic rings. The van der Waals surface area contributed by atoms with Gasteiger partial charge in [0.15, 0.2) is 0 Å². The number of carbonyl (C=O) groups excluding carboxylic acids is 1. The zero-order chi connectivity index (χ0) is 14.7. The average Bonchev–Trinajstić information content (AvgIpc) is 3.16. The number of aromatic nitrogens is 4. The fourth-order valence-corrected chi connectivity index (χ4v) is 2.72. The van der Waals surface area contributed by atoms with Crippen molar-refractivity contribution in [2.45, 2.75) is 19.0 Å². The fraction of sp³-hybridized carbons (Fsp3) is 0.500. The highest BCUT2D eigenvalue weighted by Gasteiger charge is 2.29. The minimum absolute atomic E-state index is 0. The van der Waals surface area contributed by atoms with E-state index in [4.69, 9.17) is 0 Å². The van der Waals surface area contributed by atoms with Crippen molar-refractivity contribution in [1.29, 1.82) is 0 Å². The minimum Gasteiger partial charge on any atom is -0.336 e. The van der Waals surface area contributed by atoms with Crippen LogP contribution in [0.5, 0.6) is 0 Å². The standard InChI is InChI=1S/C14H20N6O.2ClH/c1-18-9-6-16-14(18)12-11-15-5-10-20(12)13(21)3-8-19-7-2-4-17-19;;/h2,4,6-7,9,12,15H,3,5,8,10-11H2,1H3;2*1H. The molecule has 1 amide bonds. The van der Waals surface area contributed by atoms with E-state index in [0.29, 0.717) is 13.0 Å². The predicted octanol–water partition coefficient (Wildman–Crippen LogP) is 1.02. The van der Waals surface area contributed by atoms with E-state index in [1.165, 1.54) is 0 Å². The molecule has 1 saturated heterocycles. The first-order valence-electron chi connectivity index (χ1n) is 7.20. The van der Waals surface area contributed by atoms with Gasteiger partial charge in [0.25, 0.3) is 0 Å². The van der Waals surface area contributed by atoms with Crippen LogP contribution in [0, 0.1) is 0 Å². The van der Waals surface area contributed by atoms with Gasteiger partial charge in [-0.15, -0.1) is 24.8 Å². The molecule has 1 N–H and O–H groups in total. The van der Waals surface area contributed by atoms with Gasteiger partial charge in [0, 0.05) is 64.4 Å². The maximum atomic E-state index is 12.5. The molecule has 1 atom stereocenters. The van der Waals surface area contributed by atoms with Gasteiger partial charge >= 0.3 is 0 Å². The molecule has 9 heteroatoms. The Balaban J connectivity index is 0.00000132. The summed E-state index contributed by atoms with van der Waals surface area (Å²) in [6.45, 7) is 2.91. The van der Waals surface area contributed by atoms with Crippen LogP contribution in [-0.2, 0) is 18.4 Å². The SMILES string of the molecule is Cl.Cl.Cn1ccnc1C1CNCCN1C(=O)CCn1cccn1. The van der Waals surface area contributed by atoms with Gasteiger partial charge in [-0.25, -0.2) is 4.98 Å². The normalized spacial score (nSPS) is 17.3. The van der Waals surface area contributed by atoms with Crippen LogP contribution in [0.2, 0.25) is 0 Å². The van der Waals surface area contributed by atoms with Crippen LogP contribution in [0.3, 0.4) is 0 Å². The van der Waals surface area contributed by atoms with Crippen LogP contribution in [0.25, 0.3) is 0 Å². The summed E-state index contributed by atoms with van der Waals surface area (Å²) in [5, 5.41) is 7.47. The molecule has 0 saturated carbocycles. The predicted molar refractivity (Wildman–Crippen MR) is 91.9 cm³/mol. The molecule has 0 spiro atoms. The Morgan fingerprint density at radius 1 is 1.35 bits per heavy atom. The molecular weight excluding hydrogens is 339 g/mol. The summed E-state index contributed by atoms with van der Waals surface area (Å²) in [6.07, 6.45) is 7.75. The number of nitrogens with one attached hydrogen (secondary N) is 1. The molecule has 3 heterocycles. The lowest BCUT2D eigenvalue weighted by molar-refractivity contribution is -0.135. The van der Waals surface area contributed by atoms with Gasteiger partial charge < -0.3 is 14.8 Å². The maximum absolute atomic E-state index is 12.5. The number of imidazole rings is 1. The molecule has 1 aliphatic heterocycles. The number of carbonyl (C=O) groups is 1. The first-order chi connectivity index (χ1) is 10.3. The van der Waals surface area contributed by atoms with Crippen molar-refractivity contribution in [2.75, 3.05) is 19.6 Å². The van der Waals surface area contributed by atoms with Crippen molar-refractivity contribution >= 4 is 30.7 Å². The van der Waals surface area contributed by atoms with Crippen molar-refractivity contribution in [2.24, 2.45) is 7.05 Å². The van der Waals surface area contributed by atoms with Gasteiger partial charge in [-0.3, -0.25) is 9.48 Å². The topological polar surface area (TPSA) is 68.0 Å². The minimum atomic E-state index is 0. The number of amides is 1. The number of nitrogens with zero attached hydrogens (tertiary/aromatic N) is 5. The summed E-state index contributed by atoms with van der Waals surface area (Å²) >= 11 is 0. The van der Waals surface area contributed by atoms with Crippen LogP contribution in [0.15, 0.2) is 30.9 Å². The van der Waals surface area contributed by atoms with E-state index in [1.807, 2.05) is 35.0 Å². The van der Waals surface area contributed by atoms with Gasteiger partial charge in [-0.05, 0) is 6.07 Å². The lowest BCUT2D eigenvalue weighted by Gasteiger charge is -2.35. The number of piperazine rings is 1. The van der Waals surface area contributed by atoms with Gasteiger partial charge in [-0.1, -0.05) is 0 Å². The second-order valence-electron chi connectivity index (χ2n) is 5.22. The Labute approximate surface area is 147 Å². The number of halogens is 2. The second-order valence-corrected chi connectivity index (χ2v) is 5.22. The lowest BCUT2D eigenvalue weighted by atomic mass is 10.1. The summed E-state index contributed by atoms with van der Waals surface area (Å²) in [6, 6.07) is 1.87. The van der Waals surface area contributed by atoms with E-state index in [2.05, 4.69) is 15.4 Å². The summed E-state index contributed by atoms with van der Waals surface area (Å²) in [5.74, 6) is 1.08. The van der Waals surface area contributed by atoms with Crippen LogP contribution in [-0.4, -0.2) is 49.8 Å². The molecule has 2 aromatic rings. The molecule has 2 aromatic heterocycles. The second kappa shape index (κ2) is 8.90. The van der Waals surface area contributed by atoms with Crippen LogP contribution in [0.1, 0.15) is 18.3 Å². The van der Waals surface area contributed by atoms with Crippen molar-refractivity contribution in [3.63, 3.8) is 0 Å². The molecule has 0 bridgehead atoms. The summed E-state index contributed by atoms with van der Waals surface area (Å²) in [5.41, 5.74) is 0. The molecule has 0 aliphatic carbocycles. The zero-order valence-corrected chi connectivity index (χ0v) is 14.6. The Morgan fingerprint density at radius 3 is 2.83 bits per heavy atom. The number of aryl methyl sites for hydroxylation is 2. The first-order valence-corrected chi connectivity index (χ1v) is 7.20. The highest BCUT2D eigenvalue weighted by Crippen LogP contribution is 2.21. The Hall–Kier alpha value is -1.57. The van der Waals surface area contributed by atoms with E-state index >= 15 is 0 Å². The van der Waals surface area contributed by atoms with Crippen molar-refractivity contribution < 1.29 is 4.79 Å². The number of hydrogen-bond donors (Lipinski definition) is 1. The molecule has 1 fully saturated rings. The maximum Gasteiger partial charge on any atom is 0.225 e. The average molecular weight is 361 g/mol. The van der Waals surface area contributed by atoms with Crippen LogP contribution in [0.4, 0.5) is 0 Å². The fourth-order valence-electron chi connectivity index (χ4n) is 2.72. The molecule has 0 radical (unpaired) electrons. The Bertz CT molecular complexity index is 600. The zero-order valence-electron chi connectivity index (χ0n) is 13.0. The van der Waals surface area contributed by atoms with Crippen LogP contribution >= 0.6 is 24.8 Å². The number of hydrogen-bond acceptors (Lipinski definition) is 4. The van der Waals surface area contributed by atoms with E-state index in [9.17, 15) is 4.79 Å². The van der Waals surface area contributed by atoms with Crippen molar-refractivity contribution in [1.82, 2.24) is 29.5 Å². The van der Waals surface area contributed by atoms with Gasteiger partial charge in [0.05, 0.1) is 0 Å². The van der Waals surface area contributed by atoms with Gasteiger partial charge in [-0.2, -0.15) is 5.10 Å². The molecule has 128 valence electrons. The largest absolute Gasteiger partial charge is 0.336 e. The number of rotatable bonds is 4. The van der Waals surface area contributed by atoms with Crippen molar-refractivity contribution in [3.05, 3.63) is 36.7 Å². The monoisotopic (exact) mass is 360 g/mol.